The number of allylic oxidation sites excluding steroid dienone is 1. The Labute approximate surface area is 213 Å². The summed E-state index contributed by atoms with van der Waals surface area (Å²) in [6, 6.07) is 9.58. The molecule has 0 radical (unpaired) electrons. The Morgan fingerprint density at radius 3 is 2.77 bits per heavy atom. The second-order valence-corrected chi connectivity index (χ2v) is 9.76. The van der Waals surface area contributed by atoms with Crippen LogP contribution in [0, 0.1) is 6.92 Å². The van der Waals surface area contributed by atoms with Crippen molar-refractivity contribution in [3.8, 4) is 5.75 Å². The summed E-state index contributed by atoms with van der Waals surface area (Å²) in [6.45, 7) is 12.2. The minimum absolute atomic E-state index is 0.101. The van der Waals surface area contributed by atoms with Crippen molar-refractivity contribution in [2.45, 2.75) is 51.9 Å². The number of ether oxygens (including phenoxy) is 2. The molecule has 0 aliphatic rings. The first-order valence-electron chi connectivity index (χ1n) is 11.4. The highest BCUT2D eigenvalue weighted by molar-refractivity contribution is 7.99. The number of aromatic nitrogens is 3. The Morgan fingerprint density at radius 1 is 1.29 bits per heavy atom. The quantitative estimate of drug-likeness (QED) is 0.195. The fourth-order valence-electron chi connectivity index (χ4n) is 3.32. The third kappa shape index (κ3) is 6.95. The number of thioether (sulfide) groups is 1. The van der Waals surface area contributed by atoms with E-state index in [9.17, 15) is 9.59 Å². The van der Waals surface area contributed by atoms with Crippen LogP contribution in [0.1, 0.15) is 53.5 Å². The number of carbonyl (C=O) groups excluding carboxylic acids is 2. The second-order valence-electron chi connectivity index (χ2n) is 7.68. The molecular weight excluding hydrogens is 484 g/mol. The van der Waals surface area contributed by atoms with E-state index in [4.69, 9.17) is 9.47 Å². The smallest absolute Gasteiger partial charge is 0.341 e. The summed E-state index contributed by atoms with van der Waals surface area (Å²) in [5.74, 6) is 0.807. The molecule has 0 bridgehead atoms. The van der Waals surface area contributed by atoms with Crippen LogP contribution < -0.4 is 10.1 Å². The van der Waals surface area contributed by atoms with Gasteiger partial charge in [-0.15, -0.1) is 28.1 Å². The molecule has 0 spiro atoms. The highest BCUT2D eigenvalue weighted by atomic mass is 32.2. The van der Waals surface area contributed by atoms with Crippen LogP contribution in [0.3, 0.4) is 0 Å². The Kier molecular flexibility index (Phi) is 9.50. The number of thiophene rings is 1. The van der Waals surface area contributed by atoms with E-state index >= 15 is 0 Å². The van der Waals surface area contributed by atoms with Gasteiger partial charge in [0.25, 0.3) is 0 Å². The normalized spacial score (nSPS) is 11.7. The van der Waals surface area contributed by atoms with Crippen molar-refractivity contribution >= 4 is 40.0 Å². The van der Waals surface area contributed by atoms with Crippen LogP contribution in [0.25, 0.3) is 0 Å². The lowest BCUT2D eigenvalue weighted by Gasteiger charge is -2.16. The lowest BCUT2D eigenvalue weighted by Crippen LogP contribution is -2.17. The molecule has 0 aliphatic heterocycles. The summed E-state index contributed by atoms with van der Waals surface area (Å²) in [6.07, 6.45) is 2.16. The average Bonchev–Trinajstić information content (AvgIpc) is 3.42. The van der Waals surface area contributed by atoms with Gasteiger partial charge in [0.05, 0.1) is 17.9 Å². The maximum absolute atomic E-state index is 12.7. The largest absolute Gasteiger partial charge is 0.483 e. The SMILES string of the molecule is C=CCn1c(SCC(=O)Nc2sc(CC)cc2C(=O)OCC)nnc1C(C)Oc1cccc(C)c1. The van der Waals surface area contributed by atoms with Gasteiger partial charge in [0.1, 0.15) is 10.8 Å². The number of anilines is 1. The number of hydrogen-bond acceptors (Lipinski definition) is 8. The topological polar surface area (TPSA) is 95.3 Å². The van der Waals surface area contributed by atoms with Crippen molar-refractivity contribution in [3.05, 3.63) is 64.8 Å². The van der Waals surface area contributed by atoms with Gasteiger partial charge >= 0.3 is 5.97 Å². The molecule has 186 valence electrons. The van der Waals surface area contributed by atoms with Gasteiger partial charge in [-0.05, 0) is 51.0 Å². The Hall–Kier alpha value is -3.11. The van der Waals surface area contributed by atoms with E-state index in [-0.39, 0.29) is 24.4 Å². The maximum Gasteiger partial charge on any atom is 0.341 e. The highest BCUT2D eigenvalue weighted by Gasteiger charge is 2.22. The lowest BCUT2D eigenvalue weighted by molar-refractivity contribution is -0.113. The second kappa shape index (κ2) is 12.6. The molecule has 1 aromatic carbocycles. The predicted octanol–water partition coefficient (Wildman–Crippen LogP) is 5.44. The number of nitrogens with zero attached hydrogens (tertiary/aromatic N) is 3. The molecule has 0 saturated carbocycles. The number of amides is 1. The van der Waals surface area contributed by atoms with Crippen LogP contribution in [0.2, 0.25) is 0 Å². The summed E-state index contributed by atoms with van der Waals surface area (Å²) < 4.78 is 13.1. The number of esters is 1. The first kappa shape index (κ1) is 26.5. The number of carbonyl (C=O) groups is 2. The molecular formula is C25H30N4O4S2. The molecule has 3 rings (SSSR count). The van der Waals surface area contributed by atoms with E-state index in [1.54, 1.807) is 19.1 Å². The zero-order chi connectivity index (χ0) is 25.4. The molecule has 1 amide bonds. The Balaban J connectivity index is 1.69. The molecule has 1 unspecified atom stereocenters. The van der Waals surface area contributed by atoms with E-state index < -0.39 is 5.97 Å². The van der Waals surface area contributed by atoms with Crippen molar-refractivity contribution in [1.82, 2.24) is 14.8 Å². The first-order chi connectivity index (χ1) is 16.9. The minimum atomic E-state index is -0.440. The summed E-state index contributed by atoms with van der Waals surface area (Å²) in [7, 11) is 0. The summed E-state index contributed by atoms with van der Waals surface area (Å²) in [5, 5.41) is 12.5. The van der Waals surface area contributed by atoms with Crippen molar-refractivity contribution in [1.29, 1.82) is 0 Å². The van der Waals surface area contributed by atoms with Gasteiger partial charge in [0, 0.05) is 11.4 Å². The molecule has 1 N–H and O–H groups in total. The third-order valence-electron chi connectivity index (χ3n) is 4.94. The lowest BCUT2D eigenvalue weighted by atomic mass is 10.2. The van der Waals surface area contributed by atoms with Gasteiger partial charge in [-0.1, -0.05) is 36.9 Å². The predicted molar refractivity (Wildman–Crippen MR) is 139 cm³/mol. The molecule has 0 saturated heterocycles. The fraction of sp³-hybridized carbons (Fsp3) is 0.360. The molecule has 1 atom stereocenters. The van der Waals surface area contributed by atoms with E-state index in [1.807, 2.05) is 49.6 Å². The zero-order valence-corrected chi connectivity index (χ0v) is 22.0. The zero-order valence-electron chi connectivity index (χ0n) is 20.4. The van der Waals surface area contributed by atoms with E-state index in [0.29, 0.717) is 28.1 Å². The van der Waals surface area contributed by atoms with Gasteiger partial charge in [0.2, 0.25) is 5.91 Å². The van der Waals surface area contributed by atoms with Gasteiger partial charge in [-0.3, -0.25) is 9.36 Å². The summed E-state index contributed by atoms with van der Waals surface area (Å²) in [5.41, 5.74) is 1.48. The molecule has 3 aromatic rings. The average molecular weight is 515 g/mol. The van der Waals surface area contributed by atoms with Gasteiger partial charge < -0.3 is 14.8 Å². The van der Waals surface area contributed by atoms with Crippen LogP contribution in [0.4, 0.5) is 5.00 Å². The summed E-state index contributed by atoms with van der Waals surface area (Å²) in [4.78, 5) is 26.0. The van der Waals surface area contributed by atoms with Crippen molar-refractivity contribution in [2.75, 3.05) is 17.7 Å². The van der Waals surface area contributed by atoms with Crippen LogP contribution in [-0.2, 0) is 22.5 Å². The molecule has 2 heterocycles. The monoisotopic (exact) mass is 514 g/mol. The minimum Gasteiger partial charge on any atom is -0.483 e. The van der Waals surface area contributed by atoms with Crippen molar-refractivity contribution in [2.24, 2.45) is 0 Å². The number of rotatable bonds is 12. The van der Waals surface area contributed by atoms with Crippen molar-refractivity contribution in [3.63, 3.8) is 0 Å². The number of benzene rings is 1. The number of aryl methyl sites for hydroxylation is 2. The Bertz CT molecular complexity index is 1190. The van der Waals surface area contributed by atoms with E-state index in [1.165, 1.54) is 23.1 Å². The van der Waals surface area contributed by atoms with Crippen LogP contribution in [0.5, 0.6) is 5.75 Å². The van der Waals surface area contributed by atoms with Crippen LogP contribution in [-0.4, -0.2) is 39.0 Å². The first-order valence-corrected chi connectivity index (χ1v) is 13.2. The van der Waals surface area contributed by atoms with Gasteiger partial charge in [-0.2, -0.15) is 0 Å². The highest BCUT2D eigenvalue weighted by Crippen LogP contribution is 2.30. The maximum atomic E-state index is 12.7. The third-order valence-corrected chi connectivity index (χ3v) is 7.10. The number of nitrogens with one attached hydrogen (secondary N) is 1. The number of hydrogen-bond donors (Lipinski definition) is 1. The molecule has 0 fully saturated rings. The standard InChI is InChI=1S/C25H30N4O4S2/c1-6-12-29-22(17(5)33-18-11-9-10-16(4)13-18)27-28-25(29)34-15-21(30)26-23-20(24(31)32-8-3)14-19(7-2)35-23/h6,9-11,13-14,17H,1,7-8,12,15H2,2-5H3,(H,26,30). The molecule has 2 aromatic heterocycles. The van der Waals surface area contributed by atoms with E-state index in [2.05, 4.69) is 22.1 Å². The van der Waals surface area contributed by atoms with Gasteiger partial charge in [0.15, 0.2) is 17.1 Å². The molecule has 35 heavy (non-hydrogen) atoms. The molecule has 10 heteroatoms. The Morgan fingerprint density at radius 2 is 2.09 bits per heavy atom. The van der Waals surface area contributed by atoms with Crippen LogP contribution in [0.15, 0.2) is 48.1 Å². The molecule has 8 nitrogen and oxygen atoms in total. The van der Waals surface area contributed by atoms with Crippen molar-refractivity contribution < 1.29 is 19.1 Å². The van der Waals surface area contributed by atoms with Gasteiger partial charge in [-0.25, -0.2) is 4.79 Å². The summed E-state index contributed by atoms with van der Waals surface area (Å²) >= 11 is 2.64. The molecule has 0 aliphatic carbocycles. The fourth-order valence-corrected chi connectivity index (χ4v) is 5.07. The van der Waals surface area contributed by atoms with E-state index in [0.717, 1.165) is 22.6 Å². The van der Waals surface area contributed by atoms with Crippen LogP contribution >= 0.6 is 23.1 Å².